The second-order valence-corrected chi connectivity index (χ2v) is 8.50. The maximum Gasteiger partial charge on any atom is 0.226 e. The van der Waals surface area contributed by atoms with E-state index in [-0.39, 0.29) is 11.9 Å². The van der Waals surface area contributed by atoms with E-state index in [0.717, 1.165) is 42.9 Å². The fraction of sp³-hybridized carbons (Fsp3) is 0.296. The van der Waals surface area contributed by atoms with Crippen molar-refractivity contribution in [2.24, 2.45) is 0 Å². The first-order valence-corrected chi connectivity index (χ1v) is 11.4. The number of anilines is 2. The van der Waals surface area contributed by atoms with Crippen LogP contribution in [0.1, 0.15) is 24.5 Å². The van der Waals surface area contributed by atoms with Crippen LogP contribution in [0.3, 0.4) is 0 Å². The number of amides is 1. The molecule has 2 radical (unpaired) electrons. The van der Waals surface area contributed by atoms with E-state index in [9.17, 15) is 4.79 Å². The summed E-state index contributed by atoms with van der Waals surface area (Å²) in [4.78, 5) is 14.6. The highest BCUT2D eigenvalue weighted by Crippen LogP contribution is 2.36. The summed E-state index contributed by atoms with van der Waals surface area (Å²) in [5.74, 6) is 0.105. The number of carbonyl (C=O) groups is 1. The summed E-state index contributed by atoms with van der Waals surface area (Å²) >= 11 is 0. The molecule has 5 rings (SSSR count). The van der Waals surface area contributed by atoms with Crippen LogP contribution >= 0.6 is 0 Å². The molecule has 0 saturated carbocycles. The molecule has 4 nitrogen and oxygen atoms in total. The number of aryl methyl sites for hydroxylation is 2. The Morgan fingerprint density at radius 3 is 2.59 bits per heavy atom. The molecule has 3 aromatic carbocycles. The number of nitrogens with one attached hydrogen (secondary N) is 2. The fourth-order valence-electron chi connectivity index (χ4n) is 4.37. The summed E-state index contributed by atoms with van der Waals surface area (Å²) < 4.78 is 0. The molecular formula is C27H30BN3O. The van der Waals surface area contributed by atoms with Gasteiger partial charge in [0.2, 0.25) is 5.91 Å². The molecule has 162 valence electrons. The van der Waals surface area contributed by atoms with Gasteiger partial charge in [-0.3, -0.25) is 4.79 Å². The van der Waals surface area contributed by atoms with Gasteiger partial charge in [0.15, 0.2) is 0 Å². The van der Waals surface area contributed by atoms with Crippen molar-refractivity contribution in [3.63, 3.8) is 0 Å². The van der Waals surface area contributed by atoms with Gasteiger partial charge in [0, 0.05) is 26.1 Å². The van der Waals surface area contributed by atoms with Crippen molar-refractivity contribution < 1.29 is 4.79 Å². The zero-order valence-electron chi connectivity index (χ0n) is 18.9. The van der Waals surface area contributed by atoms with E-state index in [0.29, 0.717) is 6.42 Å². The first-order valence-electron chi connectivity index (χ1n) is 11.4. The molecular weight excluding hydrogens is 393 g/mol. The van der Waals surface area contributed by atoms with Crippen molar-refractivity contribution in [1.82, 2.24) is 5.32 Å². The topological polar surface area (TPSA) is 44.4 Å². The molecule has 0 spiro atoms. The summed E-state index contributed by atoms with van der Waals surface area (Å²) in [6, 6.07) is 23.1. The van der Waals surface area contributed by atoms with Crippen molar-refractivity contribution in [2.75, 3.05) is 29.9 Å². The predicted molar refractivity (Wildman–Crippen MR) is 135 cm³/mol. The first-order chi connectivity index (χ1) is 15.5. The van der Waals surface area contributed by atoms with Gasteiger partial charge in [-0.25, -0.2) is 0 Å². The van der Waals surface area contributed by atoms with Gasteiger partial charge in [0.05, 0.1) is 17.4 Å². The van der Waals surface area contributed by atoms with E-state index in [1.54, 1.807) is 0 Å². The van der Waals surface area contributed by atoms with E-state index in [1.165, 1.54) is 22.3 Å². The summed E-state index contributed by atoms with van der Waals surface area (Å²) in [6.07, 6.45) is 1.58. The van der Waals surface area contributed by atoms with Crippen LogP contribution in [0.25, 0.3) is 11.1 Å². The fourth-order valence-corrected chi connectivity index (χ4v) is 4.37. The van der Waals surface area contributed by atoms with E-state index in [1.807, 2.05) is 37.3 Å². The van der Waals surface area contributed by atoms with Gasteiger partial charge in [0.25, 0.3) is 0 Å². The van der Waals surface area contributed by atoms with E-state index in [2.05, 4.69) is 58.9 Å². The first kappa shape index (κ1) is 22.2. The van der Waals surface area contributed by atoms with Crippen molar-refractivity contribution in [2.45, 2.75) is 32.7 Å². The smallest absolute Gasteiger partial charge is 0.226 e. The Morgan fingerprint density at radius 1 is 1.03 bits per heavy atom. The van der Waals surface area contributed by atoms with Crippen molar-refractivity contribution in [1.29, 1.82) is 0 Å². The largest absolute Gasteiger partial charge is 0.364 e. The molecule has 1 atom stereocenters. The molecule has 0 aromatic heterocycles. The third kappa shape index (κ3) is 5.22. The highest BCUT2D eigenvalue weighted by Gasteiger charge is 2.30. The molecule has 5 heteroatoms. The molecule has 2 N–H and O–H groups in total. The number of piperazine rings is 1. The zero-order valence-corrected chi connectivity index (χ0v) is 18.9. The van der Waals surface area contributed by atoms with Gasteiger partial charge >= 0.3 is 0 Å². The average Bonchev–Trinajstić information content (AvgIpc) is 2.94. The standard InChI is InChI=1S/C20H23N3O.C7H7B/c1-2-14-4-3-5-15(10-14)16-6-7-18-19(11-16)23-9-8-21-13-17(23)12-20(24)22-18;1-6-3-2-4-7(8)5-6/h3-7,10-11,17,21H,2,8-9,12-13H2,1H3,(H,22,24);2-5H,1H3. The molecule has 2 aliphatic heterocycles. The van der Waals surface area contributed by atoms with Crippen LogP contribution in [-0.2, 0) is 11.2 Å². The Hall–Kier alpha value is -3.05. The summed E-state index contributed by atoms with van der Waals surface area (Å²) in [5.41, 5.74) is 7.91. The Bertz CT molecular complexity index is 1080. The number of benzene rings is 3. The second-order valence-electron chi connectivity index (χ2n) is 8.50. The van der Waals surface area contributed by atoms with Gasteiger partial charge in [-0.2, -0.15) is 0 Å². The number of hydrogen-bond acceptors (Lipinski definition) is 3. The van der Waals surface area contributed by atoms with Crippen LogP contribution in [0, 0.1) is 6.92 Å². The second kappa shape index (κ2) is 10.1. The molecule has 1 amide bonds. The van der Waals surface area contributed by atoms with Gasteiger partial charge in [0.1, 0.15) is 7.85 Å². The lowest BCUT2D eigenvalue weighted by molar-refractivity contribution is -0.116. The van der Waals surface area contributed by atoms with Crippen LogP contribution in [0.15, 0.2) is 66.7 Å². The lowest BCUT2D eigenvalue weighted by atomic mass is 9.95. The third-order valence-corrected chi connectivity index (χ3v) is 6.06. The number of nitrogens with zero attached hydrogens (tertiary/aromatic N) is 1. The minimum absolute atomic E-state index is 0.105. The third-order valence-electron chi connectivity index (χ3n) is 6.06. The van der Waals surface area contributed by atoms with Crippen LogP contribution in [0.4, 0.5) is 11.4 Å². The van der Waals surface area contributed by atoms with Gasteiger partial charge in [-0.15, -0.1) is 0 Å². The molecule has 3 aromatic rings. The number of rotatable bonds is 2. The molecule has 0 bridgehead atoms. The van der Waals surface area contributed by atoms with Gasteiger partial charge in [-0.1, -0.05) is 72.5 Å². The van der Waals surface area contributed by atoms with E-state index >= 15 is 0 Å². The molecule has 0 aliphatic carbocycles. The van der Waals surface area contributed by atoms with E-state index < -0.39 is 0 Å². The number of hydrogen-bond donors (Lipinski definition) is 2. The quantitative estimate of drug-likeness (QED) is 0.616. The van der Waals surface area contributed by atoms with Crippen molar-refractivity contribution >= 4 is 30.6 Å². The van der Waals surface area contributed by atoms with E-state index in [4.69, 9.17) is 7.85 Å². The zero-order chi connectivity index (χ0) is 22.5. The Morgan fingerprint density at radius 2 is 1.84 bits per heavy atom. The van der Waals surface area contributed by atoms with Crippen LogP contribution in [-0.4, -0.2) is 39.4 Å². The Labute approximate surface area is 192 Å². The number of carbonyl (C=O) groups excluding carboxylic acids is 1. The van der Waals surface area contributed by atoms with Crippen molar-refractivity contribution in [3.05, 3.63) is 77.9 Å². The molecule has 1 fully saturated rings. The SMILES string of the molecule is CCc1cccc(-c2ccc3c(c2)N2CCNCC2CC(=O)N3)c1.[B]c1cccc(C)c1. The van der Waals surface area contributed by atoms with Crippen LogP contribution in [0.5, 0.6) is 0 Å². The van der Waals surface area contributed by atoms with Crippen molar-refractivity contribution in [3.8, 4) is 11.1 Å². The average molecular weight is 423 g/mol. The lowest BCUT2D eigenvalue weighted by Gasteiger charge is -2.36. The minimum Gasteiger partial charge on any atom is -0.364 e. The summed E-state index contributed by atoms with van der Waals surface area (Å²) in [6.45, 7) is 6.96. The molecule has 2 aliphatic rings. The lowest BCUT2D eigenvalue weighted by Crippen LogP contribution is -2.51. The normalized spacial score (nSPS) is 17.2. The molecule has 1 saturated heterocycles. The Kier molecular flexibility index (Phi) is 6.96. The molecule has 2 heterocycles. The number of fused-ring (bicyclic) bond motifs is 3. The molecule has 1 unspecified atom stereocenters. The van der Waals surface area contributed by atoms with Gasteiger partial charge < -0.3 is 15.5 Å². The van der Waals surface area contributed by atoms with Gasteiger partial charge in [-0.05, 0) is 42.2 Å². The molecule has 32 heavy (non-hydrogen) atoms. The predicted octanol–water partition coefficient (Wildman–Crippen LogP) is 3.83. The highest BCUT2D eigenvalue weighted by molar-refractivity contribution is 6.32. The maximum absolute atomic E-state index is 12.2. The summed E-state index contributed by atoms with van der Waals surface area (Å²) in [5, 5.41) is 6.47. The highest BCUT2D eigenvalue weighted by atomic mass is 16.1. The monoisotopic (exact) mass is 423 g/mol. The minimum atomic E-state index is 0.105. The van der Waals surface area contributed by atoms with Crippen LogP contribution in [0.2, 0.25) is 0 Å². The Balaban J connectivity index is 0.000000260. The summed E-state index contributed by atoms with van der Waals surface area (Å²) in [7, 11) is 5.46. The maximum atomic E-state index is 12.2. The van der Waals surface area contributed by atoms with Crippen LogP contribution < -0.4 is 21.0 Å².